The van der Waals surface area contributed by atoms with Crippen molar-refractivity contribution in [2.45, 2.75) is 44.4 Å². The van der Waals surface area contributed by atoms with Crippen molar-refractivity contribution in [1.29, 1.82) is 0 Å². The molecule has 0 heterocycles. The first-order valence-electron chi connectivity index (χ1n) is 11.7. The number of unbranched alkanes of at least 4 members (excludes halogenated alkanes) is 1. The summed E-state index contributed by atoms with van der Waals surface area (Å²) in [6.07, 6.45) is 2.16. The fraction of sp³-hybridized carbons (Fsp3) is 0.333. The van der Waals surface area contributed by atoms with Crippen LogP contribution in [0.3, 0.4) is 0 Å². The topological polar surface area (TPSA) is 123 Å². The highest BCUT2D eigenvalue weighted by molar-refractivity contribution is 5.94. The molecule has 0 saturated heterocycles. The number of rotatable bonds is 14. The number of methoxy groups -OCH3 is 1. The molecule has 3 N–H and O–H groups in total. The zero-order valence-corrected chi connectivity index (χ0v) is 20.4. The van der Waals surface area contributed by atoms with E-state index in [4.69, 9.17) is 9.47 Å². The Morgan fingerprint density at radius 3 is 2.14 bits per heavy atom. The van der Waals surface area contributed by atoms with Gasteiger partial charge in [0.15, 0.2) is 0 Å². The minimum atomic E-state index is -0.908. The number of ether oxygens (including phenoxy) is 2. The summed E-state index contributed by atoms with van der Waals surface area (Å²) in [6.45, 7) is 3.94. The van der Waals surface area contributed by atoms with Crippen LogP contribution in [0.25, 0.3) is 0 Å². The highest BCUT2D eigenvalue weighted by Crippen LogP contribution is 2.07. The first-order chi connectivity index (χ1) is 17.4. The average Bonchev–Trinajstić information content (AvgIpc) is 2.91. The molecule has 2 rings (SSSR count). The molecule has 2 aromatic rings. The summed E-state index contributed by atoms with van der Waals surface area (Å²) in [5, 5.41) is 7.95. The van der Waals surface area contributed by atoms with Crippen LogP contribution in [0.4, 0.5) is 4.79 Å². The Morgan fingerprint density at radius 1 is 0.889 bits per heavy atom. The van der Waals surface area contributed by atoms with Crippen LogP contribution in [-0.4, -0.2) is 49.6 Å². The Balaban J connectivity index is 1.84. The van der Waals surface area contributed by atoms with Crippen molar-refractivity contribution >= 4 is 23.9 Å². The summed E-state index contributed by atoms with van der Waals surface area (Å²) in [7, 11) is 1.25. The van der Waals surface area contributed by atoms with Crippen molar-refractivity contribution in [3.63, 3.8) is 0 Å². The van der Waals surface area contributed by atoms with Crippen LogP contribution in [0.2, 0.25) is 0 Å². The Kier molecular flexibility index (Phi) is 12.3. The molecule has 3 amide bonds. The van der Waals surface area contributed by atoms with E-state index in [1.807, 2.05) is 60.7 Å². The molecular weight excluding hydrogens is 462 g/mol. The molecule has 9 nitrogen and oxygen atoms in total. The molecular formula is C27H33N3O6. The maximum atomic E-state index is 12.9. The quantitative estimate of drug-likeness (QED) is 0.210. The minimum absolute atomic E-state index is 0.173. The van der Waals surface area contributed by atoms with Crippen LogP contribution in [0.5, 0.6) is 0 Å². The molecule has 2 aromatic carbocycles. The van der Waals surface area contributed by atoms with Gasteiger partial charge in [-0.1, -0.05) is 67.2 Å². The lowest BCUT2D eigenvalue weighted by Crippen LogP contribution is -2.52. The SMILES string of the molecule is C=CC(=O)N[C@@H](CCCCNC(=O)OCc1ccccc1)C(=O)N[C@@H](Cc1ccccc1)C(=O)OC. The van der Waals surface area contributed by atoms with E-state index in [-0.39, 0.29) is 13.0 Å². The molecule has 0 aliphatic rings. The van der Waals surface area contributed by atoms with E-state index in [2.05, 4.69) is 22.5 Å². The molecule has 0 radical (unpaired) electrons. The molecule has 0 aromatic heterocycles. The normalized spacial score (nSPS) is 11.9. The lowest BCUT2D eigenvalue weighted by molar-refractivity contribution is -0.145. The third-order valence-electron chi connectivity index (χ3n) is 5.30. The molecule has 0 aliphatic heterocycles. The molecule has 192 valence electrons. The van der Waals surface area contributed by atoms with Crippen molar-refractivity contribution in [2.24, 2.45) is 0 Å². The Morgan fingerprint density at radius 2 is 1.53 bits per heavy atom. The molecule has 0 unspecified atom stereocenters. The van der Waals surface area contributed by atoms with E-state index >= 15 is 0 Å². The van der Waals surface area contributed by atoms with Crippen molar-refractivity contribution in [3.05, 3.63) is 84.4 Å². The second-order valence-electron chi connectivity index (χ2n) is 8.02. The summed E-state index contributed by atoms with van der Waals surface area (Å²) in [5.74, 6) is -1.60. The largest absolute Gasteiger partial charge is 0.467 e. The second-order valence-corrected chi connectivity index (χ2v) is 8.02. The number of esters is 1. The Labute approximate surface area is 211 Å². The van der Waals surface area contributed by atoms with Gasteiger partial charge in [0.25, 0.3) is 0 Å². The molecule has 36 heavy (non-hydrogen) atoms. The van der Waals surface area contributed by atoms with Gasteiger partial charge in [0, 0.05) is 13.0 Å². The first kappa shape index (κ1) is 28.1. The summed E-state index contributed by atoms with van der Waals surface area (Å²) in [4.78, 5) is 49.0. The van der Waals surface area contributed by atoms with Gasteiger partial charge in [0.2, 0.25) is 11.8 Å². The van der Waals surface area contributed by atoms with Crippen molar-refractivity contribution in [1.82, 2.24) is 16.0 Å². The van der Waals surface area contributed by atoms with E-state index in [1.165, 1.54) is 7.11 Å². The summed E-state index contributed by atoms with van der Waals surface area (Å²) in [6, 6.07) is 16.8. The van der Waals surface area contributed by atoms with Crippen molar-refractivity contribution in [3.8, 4) is 0 Å². The van der Waals surface area contributed by atoms with Crippen LogP contribution in [-0.2, 0) is 36.9 Å². The molecule has 0 aliphatic carbocycles. The maximum absolute atomic E-state index is 12.9. The fourth-order valence-corrected chi connectivity index (χ4v) is 3.40. The zero-order valence-electron chi connectivity index (χ0n) is 20.4. The van der Waals surface area contributed by atoms with Gasteiger partial charge in [-0.3, -0.25) is 9.59 Å². The number of carbonyl (C=O) groups excluding carboxylic acids is 4. The minimum Gasteiger partial charge on any atom is -0.467 e. The van der Waals surface area contributed by atoms with E-state index in [0.29, 0.717) is 25.8 Å². The number of hydrogen-bond donors (Lipinski definition) is 3. The van der Waals surface area contributed by atoms with E-state index in [1.54, 1.807) is 0 Å². The van der Waals surface area contributed by atoms with Crippen LogP contribution >= 0.6 is 0 Å². The molecule has 2 atom stereocenters. The van der Waals surface area contributed by atoms with Crippen LogP contribution < -0.4 is 16.0 Å². The second kappa shape index (κ2) is 15.7. The van der Waals surface area contributed by atoms with Gasteiger partial charge in [-0.2, -0.15) is 0 Å². The number of hydrogen-bond acceptors (Lipinski definition) is 6. The zero-order chi connectivity index (χ0) is 26.2. The molecule has 0 bridgehead atoms. The summed E-state index contributed by atoms with van der Waals surface area (Å²) in [5.41, 5.74) is 1.74. The maximum Gasteiger partial charge on any atom is 0.407 e. The van der Waals surface area contributed by atoms with Gasteiger partial charge >= 0.3 is 12.1 Å². The molecule has 0 fully saturated rings. The highest BCUT2D eigenvalue weighted by atomic mass is 16.5. The van der Waals surface area contributed by atoms with Gasteiger partial charge in [0.05, 0.1) is 7.11 Å². The molecule has 0 saturated carbocycles. The van der Waals surface area contributed by atoms with Crippen molar-refractivity contribution in [2.75, 3.05) is 13.7 Å². The standard InChI is InChI=1S/C27H33N3O6/c1-3-24(31)29-22(16-10-11-17-28-27(34)36-19-21-14-8-5-9-15-21)25(32)30-23(26(33)35-2)18-20-12-6-4-7-13-20/h3-9,12-15,22-23H,1,10-11,16-19H2,2H3,(H,28,34)(H,29,31)(H,30,32)/t22-,23-/m0/s1. The molecule has 0 spiro atoms. The predicted molar refractivity (Wildman–Crippen MR) is 135 cm³/mol. The van der Waals surface area contributed by atoms with Crippen LogP contribution in [0, 0.1) is 0 Å². The lowest BCUT2D eigenvalue weighted by Gasteiger charge is -2.22. The fourth-order valence-electron chi connectivity index (χ4n) is 3.40. The summed E-state index contributed by atoms with van der Waals surface area (Å²) >= 11 is 0. The van der Waals surface area contributed by atoms with Crippen LogP contribution in [0.1, 0.15) is 30.4 Å². The average molecular weight is 496 g/mol. The first-order valence-corrected chi connectivity index (χ1v) is 11.7. The number of alkyl carbamates (subject to hydrolysis) is 1. The third kappa shape index (κ3) is 10.4. The Bertz CT molecular complexity index is 997. The van der Waals surface area contributed by atoms with Gasteiger partial charge in [-0.15, -0.1) is 0 Å². The number of carbonyl (C=O) groups is 4. The Hall–Kier alpha value is -4.14. The van der Waals surface area contributed by atoms with Crippen molar-refractivity contribution < 1.29 is 28.7 Å². The lowest BCUT2D eigenvalue weighted by atomic mass is 10.0. The monoisotopic (exact) mass is 495 g/mol. The van der Waals surface area contributed by atoms with Gasteiger partial charge < -0.3 is 25.4 Å². The van der Waals surface area contributed by atoms with E-state index in [0.717, 1.165) is 17.2 Å². The number of nitrogens with one attached hydrogen (secondary N) is 3. The van der Waals surface area contributed by atoms with E-state index < -0.39 is 36.0 Å². The number of benzene rings is 2. The van der Waals surface area contributed by atoms with Crippen LogP contribution in [0.15, 0.2) is 73.3 Å². The molecule has 9 heteroatoms. The summed E-state index contributed by atoms with van der Waals surface area (Å²) < 4.78 is 10.0. The number of amides is 3. The third-order valence-corrected chi connectivity index (χ3v) is 5.30. The van der Waals surface area contributed by atoms with Gasteiger partial charge in [-0.05, 0) is 36.5 Å². The van der Waals surface area contributed by atoms with E-state index in [9.17, 15) is 19.2 Å². The van der Waals surface area contributed by atoms with Gasteiger partial charge in [-0.25, -0.2) is 9.59 Å². The van der Waals surface area contributed by atoms with Gasteiger partial charge in [0.1, 0.15) is 18.7 Å². The predicted octanol–water partition coefficient (Wildman–Crippen LogP) is 2.65. The highest BCUT2D eigenvalue weighted by Gasteiger charge is 2.27. The smallest absolute Gasteiger partial charge is 0.407 e.